The van der Waals surface area contributed by atoms with E-state index in [-0.39, 0.29) is 5.56 Å². The van der Waals surface area contributed by atoms with Crippen LogP contribution in [0.25, 0.3) is 28.7 Å². The van der Waals surface area contributed by atoms with Gasteiger partial charge in [0.25, 0.3) is 5.56 Å². The first kappa shape index (κ1) is 20.4. The van der Waals surface area contributed by atoms with Crippen LogP contribution < -0.4 is 15.0 Å². The van der Waals surface area contributed by atoms with Gasteiger partial charge >= 0.3 is 0 Å². The van der Waals surface area contributed by atoms with E-state index in [1.54, 1.807) is 18.8 Å². The summed E-state index contributed by atoms with van der Waals surface area (Å²) >= 11 is 0. The van der Waals surface area contributed by atoms with E-state index in [4.69, 9.17) is 14.5 Å². The highest BCUT2D eigenvalue weighted by molar-refractivity contribution is 5.80. The fourth-order valence-corrected chi connectivity index (χ4v) is 3.80. The van der Waals surface area contributed by atoms with Gasteiger partial charge in [0.2, 0.25) is 0 Å². The number of ether oxygens (including phenoxy) is 2. The standard InChI is InChI=1S/C26H24N2O3/c1-17-14-18(2)16-20(15-17)28-24(27-22-10-6-5-9-21(22)26(28)29)13-12-19-8-7-11-23(30-3)25(19)31-4/h5-16H,1-4H3. The molecule has 4 aromatic rings. The minimum absolute atomic E-state index is 0.104. The van der Waals surface area contributed by atoms with E-state index in [0.29, 0.717) is 28.2 Å². The molecule has 1 aromatic heterocycles. The molecule has 0 N–H and O–H groups in total. The Morgan fingerprint density at radius 1 is 0.871 bits per heavy atom. The normalized spacial score (nSPS) is 11.2. The fraction of sp³-hybridized carbons (Fsp3) is 0.154. The first-order valence-electron chi connectivity index (χ1n) is 10.0. The molecule has 5 nitrogen and oxygen atoms in total. The molecule has 0 radical (unpaired) electrons. The van der Waals surface area contributed by atoms with Gasteiger partial charge in [-0.05, 0) is 67.5 Å². The number of benzene rings is 3. The zero-order valence-electron chi connectivity index (χ0n) is 18.0. The molecule has 0 saturated heterocycles. The predicted molar refractivity (Wildman–Crippen MR) is 125 cm³/mol. The van der Waals surface area contributed by atoms with Crippen LogP contribution in [0.15, 0.2) is 65.5 Å². The first-order chi connectivity index (χ1) is 15.0. The molecule has 0 saturated carbocycles. The van der Waals surface area contributed by atoms with Crippen molar-refractivity contribution in [2.75, 3.05) is 14.2 Å². The van der Waals surface area contributed by atoms with Crippen molar-refractivity contribution in [3.63, 3.8) is 0 Å². The summed E-state index contributed by atoms with van der Waals surface area (Å²) in [7, 11) is 3.21. The van der Waals surface area contributed by atoms with Crippen LogP contribution in [0.2, 0.25) is 0 Å². The van der Waals surface area contributed by atoms with Crippen molar-refractivity contribution < 1.29 is 9.47 Å². The average Bonchev–Trinajstić information content (AvgIpc) is 2.76. The van der Waals surface area contributed by atoms with E-state index in [2.05, 4.69) is 6.07 Å². The second-order valence-corrected chi connectivity index (χ2v) is 7.39. The van der Waals surface area contributed by atoms with Crippen LogP contribution in [0.3, 0.4) is 0 Å². The number of nitrogens with zero attached hydrogens (tertiary/aromatic N) is 2. The Kier molecular flexibility index (Phi) is 5.58. The number of hydrogen-bond acceptors (Lipinski definition) is 4. The van der Waals surface area contributed by atoms with Crippen LogP contribution in [0, 0.1) is 13.8 Å². The molecule has 4 rings (SSSR count). The maximum atomic E-state index is 13.5. The Hall–Kier alpha value is -3.86. The van der Waals surface area contributed by atoms with E-state index in [0.717, 1.165) is 22.4 Å². The third-order valence-electron chi connectivity index (χ3n) is 5.11. The van der Waals surface area contributed by atoms with E-state index in [1.807, 2.05) is 80.6 Å². The summed E-state index contributed by atoms with van der Waals surface area (Å²) in [6.07, 6.45) is 3.72. The van der Waals surface area contributed by atoms with Crippen molar-refractivity contribution in [2.24, 2.45) is 0 Å². The number of hydrogen-bond donors (Lipinski definition) is 0. The van der Waals surface area contributed by atoms with Gasteiger partial charge in [-0.15, -0.1) is 0 Å². The lowest BCUT2D eigenvalue weighted by molar-refractivity contribution is 0.354. The zero-order chi connectivity index (χ0) is 22.0. The lowest BCUT2D eigenvalue weighted by atomic mass is 10.1. The van der Waals surface area contributed by atoms with Gasteiger partial charge in [0.1, 0.15) is 5.82 Å². The summed E-state index contributed by atoms with van der Waals surface area (Å²) < 4.78 is 12.6. The highest BCUT2D eigenvalue weighted by Gasteiger charge is 2.13. The summed E-state index contributed by atoms with van der Waals surface area (Å²) in [4.78, 5) is 18.2. The topological polar surface area (TPSA) is 53.3 Å². The van der Waals surface area contributed by atoms with Gasteiger partial charge in [0.05, 0.1) is 30.8 Å². The molecule has 0 spiro atoms. The van der Waals surface area contributed by atoms with Crippen molar-refractivity contribution in [2.45, 2.75) is 13.8 Å². The molecule has 0 unspecified atom stereocenters. The van der Waals surface area contributed by atoms with Gasteiger partial charge in [0.15, 0.2) is 11.5 Å². The Morgan fingerprint density at radius 3 is 2.32 bits per heavy atom. The lowest BCUT2D eigenvalue weighted by Gasteiger charge is -2.13. The van der Waals surface area contributed by atoms with Crippen LogP contribution in [-0.2, 0) is 0 Å². The van der Waals surface area contributed by atoms with Gasteiger partial charge in [-0.2, -0.15) is 0 Å². The predicted octanol–water partition coefficient (Wildman–Crippen LogP) is 5.19. The van der Waals surface area contributed by atoms with Gasteiger partial charge in [-0.3, -0.25) is 9.36 Å². The summed E-state index contributed by atoms with van der Waals surface area (Å²) in [5.74, 6) is 1.81. The summed E-state index contributed by atoms with van der Waals surface area (Å²) in [5.41, 5.74) is 4.34. The molecule has 0 atom stereocenters. The second kappa shape index (κ2) is 8.48. The summed E-state index contributed by atoms with van der Waals surface area (Å²) in [6.45, 7) is 4.04. The summed E-state index contributed by atoms with van der Waals surface area (Å²) in [5, 5.41) is 0.581. The third-order valence-corrected chi connectivity index (χ3v) is 5.11. The fourth-order valence-electron chi connectivity index (χ4n) is 3.80. The van der Waals surface area contributed by atoms with Crippen LogP contribution in [-0.4, -0.2) is 23.8 Å². The van der Waals surface area contributed by atoms with Gasteiger partial charge in [-0.1, -0.05) is 30.3 Å². The van der Waals surface area contributed by atoms with E-state index < -0.39 is 0 Å². The molecule has 0 amide bonds. The quantitative estimate of drug-likeness (QED) is 0.453. The number of fused-ring (bicyclic) bond motifs is 1. The van der Waals surface area contributed by atoms with Gasteiger partial charge in [-0.25, -0.2) is 4.98 Å². The van der Waals surface area contributed by atoms with E-state index in [1.165, 1.54) is 0 Å². The van der Waals surface area contributed by atoms with Crippen molar-refractivity contribution in [1.82, 2.24) is 9.55 Å². The SMILES string of the molecule is COc1cccc(C=Cc2nc3ccccc3c(=O)n2-c2cc(C)cc(C)c2)c1OC. The zero-order valence-corrected chi connectivity index (χ0v) is 18.0. The van der Waals surface area contributed by atoms with Gasteiger partial charge < -0.3 is 9.47 Å². The maximum Gasteiger partial charge on any atom is 0.266 e. The molecule has 0 aliphatic rings. The molecule has 5 heteroatoms. The molecular weight excluding hydrogens is 388 g/mol. The molecule has 31 heavy (non-hydrogen) atoms. The highest BCUT2D eigenvalue weighted by Crippen LogP contribution is 2.32. The van der Waals surface area contributed by atoms with Crippen LogP contribution >= 0.6 is 0 Å². The largest absolute Gasteiger partial charge is 0.493 e. The van der Waals surface area contributed by atoms with E-state index in [9.17, 15) is 4.79 Å². The first-order valence-corrected chi connectivity index (χ1v) is 10.0. The number of methoxy groups -OCH3 is 2. The number of aryl methyl sites for hydroxylation is 2. The lowest BCUT2D eigenvalue weighted by Crippen LogP contribution is -2.22. The van der Waals surface area contributed by atoms with Crippen LogP contribution in [0.4, 0.5) is 0 Å². The van der Waals surface area contributed by atoms with Crippen LogP contribution in [0.5, 0.6) is 11.5 Å². The minimum Gasteiger partial charge on any atom is -0.493 e. The second-order valence-electron chi connectivity index (χ2n) is 7.39. The van der Waals surface area contributed by atoms with Gasteiger partial charge in [0, 0.05) is 5.56 Å². The molecule has 156 valence electrons. The number of para-hydroxylation sites is 2. The molecule has 0 aliphatic carbocycles. The molecule has 0 fully saturated rings. The molecular formula is C26H24N2O3. The average molecular weight is 412 g/mol. The highest BCUT2D eigenvalue weighted by atomic mass is 16.5. The van der Waals surface area contributed by atoms with E-state index >= 15 is 0 Å². The van der Waals surface area contributed by atoms with Crippen molar-refractivity contribution in [3.8, 4) is 17.2 Å². The minimum atomic E-state index is -0.104. The summed E-state index contributed by atoms with van der Waals surface area (Å²) in [6, 6.07) is 19.1. The molecule has 3 aromatic carbocycles. The Labute approximate surface area is 181 Å². The molecule has 1 heterocycles. The smallest absolute Gasteiger partial charge is 0.266 e. The third kappa shape index (κ3) is 3.94. The van der Waals surface area contributed by atoms with Crippen LogP contribution in [0.1, 0.15) is 22.5 Å². The van der Waals surface area contributed by atoms with Crippen molar-refractivity contribution in [3.05, 3.63) is 93.5 Å². The van der Waals surface area contributed by atoms with Crippen molar-refractivity contribution in [1.29, 1.82) is 0 Å². The number of rotatable bonds is 5. The monoisotopic (exact) mass is 412 g/mol. The maximum absolute atomic E-state index is 13.5. The van der Waals surface area contributed by atoms with Crippen molar-refractivity contribution >= 4 is 23.1 Å². The Balaban J connectivity index is 1.96. The molecule has 0 bridgehead atoms. The Morgan fingerprint density at radius 2 is 1.61 bits per heavy atom. The molecule has 0 aliphatic heterocycles. The number of aromatic nitrogens is 2. The Bertz CT molecular complexity index is 1330.